The van der Waals surface area contributed by atoms with Crippen molar-refractivity contribution in [3.05, 3.63) is 65.5 Å². The molecule has 0 aliphatic carbocycles. The lowest BCUT2D eigenvalue weighted by atomic mass is 10.0. The van der Waals surface area contributed by atoms with E-state index < -0.39 is 15.7 Å². The Morgan fingerprint density at radius 1 is 1.06 bits per heavy atom. The first kappa shape index (κ1) is 28.2. The van der Waals surface area contributed by atoms with Crippen molar-refractivity contribution in [1.29, 1.82) is 0 Å². The van der Waals surface area contributed by atoms with E-state index in [9.17, 15) is 12.8 Å². The Hall–Kier alpha value is -1.88. The summed E-state index contributed by atoms with van der Waals surface area (Å²) < 4.78 is 37.2. The molecule has 2 rings (SSSR count). The highest BCUT2D eigenvalue weighted by atomic mass is 127. The van der Waals surface area contributed by atoms with Crippen LogP contribution in [0.25, 0.3) is 0 Å². The molecule has 3 N–H and O–H groups in total. The number of nitrogens with zero attached hydrogens (tertiary/aromatic N) is 1. The first-order valence-corrected chi connectivity index (χ1v) is 12.5. The van der Waals surface area contributed by atoms with Gasteiger partial charge in [0.15, 0.2) is 15.8 Å². The summed E-state index contributed by atoms with van der Waals surface area (Å²) in [5.74, 6) is 0.420. The molecule has 1 unspecified atom stereocenters. The minimum absolute atomic E-state index is 0. The zero-order chi connectivity index (χ0) is 22.9. The molecule has 0 bridgehead atoms. The van der Waals surface area contributed by atoms with Gasteiger partial charge in [-0.25, -0.2) is 17.8 Å². The molecule has 6 nitrogen and oxygen atoms in total. The molecule has 0 amide bonds. The van der Waals surface area contributed by atoms with Crippen LogP contribution < -0.4 is 16.0 Å². The number of sulfone groups is 1. The Balaban J connectivity index is 0.00000512. The van der Waals surface area contributed by atoms with E-state index >= 15 is 0 Å². The largest absolute Gasteiger partial charge is 0.380 e. The molecule has 0 aromatic heterocycles. The molecule has 0 saturated carbocycles. The summed E-state index contributed by atoms with van der Waals surface area (Å²) >= 11 is 0. The van der Waals surface area contributed by atoms with Gasteiger partial charge in [-0.2, -0.15) is 0 Å². The van der Waals surface area contributed by atoms with Gasteiger partial charge in [-0.05, 0) is 48.2 Å². The zero-order valence-electron chi connectivity index (χ0n) is 19.1. The number of benzene rings is 2. The molecule has 9 heteroatoms. The van der Waals surface area contributed by atoms with Crippen molar-refractivity contribution in [1.82, 2.24) is 10.6 Å². The highest BCUT2D eigenvalue weighted by molar-refractivity contribution is 14.0. The van der Waals surface area contributed by atoms with Crippen LogP contribution in [0.3, 0.4) is 0 Å². The summed E-state index contributed by atoms with van der Waals surface area (Å²) in [4.78, 5) is 4.56. The molecule has 178 valence electrons. The number of hydrogen-bond donors (Lipinski definition) is 3. The van der Waals surface area contributed by atoms with Crippen LogP contribution >= 0.6 is 24.0 Å². The summed E-state index contributed by atoms with van der Waals surface area (Å²) in [7, 11) is -3.23. The maximum absolute atomic E-state index is 13.8. The van der Waals surface area contributed by atoms with E-state index in [1.165, 1.54) is 24.5 Å². The van der Waals surface area contributed by atoms with Gasteiger partial charge in [0.2, 0.25) is 0 Å². The average molecular weight is 577 g/mol. The van der Waals surface area contributed by atoms with E-state index in [1.807, 2.05) is 37.3 Å². The number of aliphatic imine (C=N–C) groups is 1. The topological polar surface area (TPSA) is 82.6 Å². The summed E-state index contributed by atoms with van der Waals surface area (Å²) in [6.45, 7) is 7.75. The van der Waals surface area contributed by atoms with Crippen molar-refractivity contribution < 1.29 is 12.8 Å². The van der Waals surface area contributed by atoms with Crippen LogP contribution in [0.5, 0.6) is 0 Å². The predicted octanol–water partition coefficient (Wildman–Crippen LogP) is 4.18. The molecule has 0 fully saturated rings. The Morgan fingerprint density at radius 2 is 1.75 bits per heavy atom. The lowest BCUT2D eigenvalue weighted by Crippen LogP contribution is -2.44. The van der Waals surface area contributed by atoms with Crippen LogP contribution in [0.2, 0.25) is 0 Å². The van der Waals surface area contributed by atoms with Crippen molar-refractivity contribution in [3.8, 4) is 0 Å². The number of halogens is 2. The van der Waals surface area contributed by atoms with Gasteiger partial charge in [0.25, 0.3) is 0 Å². The summed E-state index contributed by atoms with van der Waals surface area (Å²) in [5, 5.41) is 10.1. The predicted molar refractivity (Wildman–Crippen MR) is 142 cm³/mol. The van der Waals surface area contributed by atoms with E-state index in [1.54, 1.807) is 0 Å². The van der Waals surface area contributed by atoms with E-state index in [-0.39, 0.29) is 42.3 Å². The van der Waals surface area contributed by atoms with Crippen LogP contribution in [-0.2, 0) is 22.1 Å². The zero-order valence-corrected chi connectivity index (χ0v) is 22.2. The molecule has 0 heterocycles. The molecule has 0 radical (unpaired) electrons. The van der Waals surface area contributed by atoms with Gasteiger partial charge >= 0.3 is 0 Å². The first-order valence-electron chi connectivity index (χ1n) is 10.5. The fourth-order valence-corrected chi connectivity index (χ4v) is 3.93. The van der Waals surface area contributed by atoms with Gasteiger partial charge in [-0.1, -0.05) is 38.1 Å². The highest BCUT2D eigenvalue weighted by Gasteiger charge is 2.14. The number of hydrogen-bond acceptors (Lipinski definition) is 4. The third-order valence-electron chi connectivity index (χ3n) is 4.76. The van der Waals surface area contributed by atoms with Crippen molar-refractivity contribution >= 4 is 45.5 Å². The van der Waals surface area contributed by atoms with Crippen molar-refractivity contribution in [3.63, 3.8) is 0 Å². The van der Waals surface area contributed by atoms with Gasteiger partial charge in [-0.3, -0.25) is 0 Å². The molecular weight excluding hydrogens is 542 g/mol. The number of para-hydroxylation sites is 1. The smallest absolute Gasteiger partial charge is 0.191 e. The first-order chi connectivity index (χ1) is 14.7. The summed E-state index contributed by atoms with van der Waals surface area (Å²) in [6.07, 6.45) is 1.17. The summed E-state index contributed by atoms with van der Waals surface area (Å²) in [6, 6.07) is 14.3. The van der Waals surface area contributed by atoms with Gasteiger partial charge in [-0.15, -0.1) is 24.0 Å². The second-order valence-corrected chi connectivity index (χ2v) is 10.1. The SMILES string of the molecule is CCNC(=NCc1cc(F)ccc1CS(C)(=O)=O)NCC(Nc1ccccc1)C(C)C.I. The van der Waals surface area contributed by atoms with Crippen LogP contribution in [-0.4, -0.2) is 39.8 Å². The molecule has 0 saturated heterocycles. The van der Waals surface area contributed by atoms with Crippen molar-refractivity contribution in [2.24, 2.45) is 10.9 Å². The van der Waals surface area contributed by atoms with E-state index in [0.717, 1.165) is 5.69 Å². The highest BCUT2D eigenvalue weighted by Crippen LogP contribution is 2.16. The van der Waals surface area contributed by atoms with Crippen LogP contribution in [0.4, 0.5) is 10.1 Å². The minimum Gasteiger partial charge on any atom is -0.380 e. The molecule has 1 atom stereocenters. The van der Waals surface area contributed by atoms with Crippen molar-refractivity contribution in [2.75, 3.05) is 24.7 Å². The van der Waals surface area contributed by atoms with Crippen LogP contribution in [0.15, 0.2) is 53.5 Å². The quantitative estimate of drug-likeness (QED) is 0.225. The lowest BCUT2D eigenvalue weighted by molar-refractivity contribution is 0.512. The molecule has 32 heavy (non-hydrogen) atoms. The normalized spacial score (nSPS) is 12.8. The van der Waals surface area contributed by atoms with Crippen LogP contribution in [0.1, 0.15) is 31.9 Å². The fourth-order valence-electron chi connectivity index (χ4n) is 3.08. The molecule has 2 aromatic carbocycles. The lowest BCUT2D eigenvalue weighted by Gasteiger charge is -2.25. The maximum atomic E-state index is 13.8. The molecule has 0 aliphatic heterocycles. The Kier molecular flexibility index (Phi) is 12.0. The molecule has 0 spiro atoms. The maximum Gasteiger partial charge on any atom is 0.191 e. The third kappa shape index (κ3) is 10.2. The molecule has 0 aliphatic rings. The summed E-state index contributed by atoms with van der Waals surface area (Å²) in [5.41, 5.74) is 2.18. The van der Waals surface area contributed by atoms with Gasteiger partial charge in [0.1, 0.15) is 5.82 Å². The van der Waals surface area contributed by atoms with Gasteiger partial charge in [0.05, 0.1) is 12.3 Å². The number of nitrogens with one attached hydrogen (secondary N) is 3. The number of anilines is 1. The fraction of sp³-hybridized carbons (Fsp3) is 0.435. The number of guanidine groups is 1. The van der Waals surface area contributed by atoms with Gasteiger partial charge in [0, 0.05) is 31.1 Å². The third-order valence-corrected chi connectivity index (χ3v) is 5.59. The average Bonchev–Trinajstić information content (AvgIpc) is 2.70. The van der Waals surface area contributed by atoms with E-state index in [4.69, 9.17) is 0 Å². The Labute approximate surface area is 208 Å². The molecular formula is C23H34FIN4O2S. The van der Waals surface area contributed by atoms with Crippen molar-refractivity contribution in [2.45, 2.75) is 39.1 Å². The number of rotatable bonds is 10. The second-order valence-electron chi connectivity index (χ2n) is 7.92. The second kappa shape index (κ2) is 13.6. The minimum atomic E-state index is -3.23. The Bertz CT molecular complexity index is 969. The van der Waals surface area contributed by atoms with E-state index in [2.05, 4.69) is 34.8 Å². The standard InChI is InChI=1S/C23H33FN4O2S.HI/c1-5-25-23(27-15-22(17(2)3)28-21-9-7-6-8-10-21)26-14-19-13-20(24)12-11-18(19)16-31(4,29)30;/h6-13,17,22,28H,5,14-16H2,1-4H3,(H2,25,26,27);1H. The molecule has 2 aromatic rings. The van der Waals surface area contributed by atoms with Crippen LogP contribution in [0, 0.1) is 11.7 Å². The monoisotopic (exact) mass is 576 g/mol. The van der Waals surface area contributed by atoms with Gasteiger partial charge < -0.3 is 16.0 Å². The van der Waals surface area contributed by atoms with E-state index in [0.29, 0.717) is 36.1 Å². The Morgan fingerprint density at radius 3 is 2.34 bits per heavy atom.